The van der Waals surface area contributed by atoms with Crippen LogP contribution in [0, 0.1) is 11.3 Å². The van der Waals surface area contributed by atoms with Crippen LogP contribution in [-0.4, -0.2) is 27.1 Å². The molecule has 6 nitrogen and oxygen atoms in total. The van der Waals surface area contributed by atoms with E-state index in [2.05, 4.69) is 21.4 Å². The molecule has 98 valence electrons. The van der Waals surface area contributed by atoms with Crippen molar-refractivity contribution in [3.8, 4) is 28.2 Å². The molecule has 2 aromatic heterocycles. The number of nitriles is 1. The van der Waals surface area contributed by atoms with E-state index in [0.717, 1.165) is 11.3 Å². The van der Waals surface area contributed by atoms with Crippen molar-refractivity contribution in [3.05, 3.63) is 41.5 Å². The fourth-order valence-electron chi connectivity index (χ4n) is 1.82. The molecule has 0 saturated carbocycles. The summed E-state index contributed by atoms with van der Waals surface area (Å²) in [4.78, 5) is 4.20. The second kappa shape index (κ2) is 5.11. The molecule has 0 fully saturated rings. The Kier molecular flexibility index (Phi) is 3.15. The van der Waals surface area contributed by atoms with E-state index in [1.165, 1.54) is 11.3 Å². The van der Waals surface area contributed by atoms with Gasteiger partial charge in [-0.25, -0.2) is 4.98 Å². The molecule has 0 aliphatic carbocycles. The lowest BCUT2D eigenvalue weighted by Gasteiger charge is -2.05. The minimum atomic E-state index is 0.269. The minimum absolute atomic E-state index is 0.269. The number of ether oxygens (including phenoxy) is 1. The van der Waals surface area contributed by atoms with Crippen LogP contribution in [0.15, 0.2) is 35.8 Å². The van der Waals surface area contributed by atoms with Crippen LogP contribution in [0.1, 0.15) is 5.69 Å². The normalized spacial score (nSPS) is 10.2. The average molecular weight is 283 g/mol. The number of thiazole rings is 1. The van der Waals surface area contributed by atoms with Crippen molar-refractivity contribution in [2.75, 3.05) is 7.11 Å². The molecule has 0 N–H and O–H groups in total. The summed E-state index contributed by atoms with van der Waals surface area (Å²) in [7, 11) is 1.61. The molecule has 7 heteroatoms. The Morgan fingerprint density at radius 2 is 2.10 bits per heavy atom. The van der Waals surface area contributed by atoms with Crippen molar-refractivity contribution in [3.63, 3.8) is 0 Å². The summed E-state index contributed by atoms with van der Waals surface area (Å²) in [5.41, 5.74) is 1.73. The molecule has 0 aliphatic rings. The second-order valence-corrected chi connectivity index (χ2v) is 4.73. The highest BCUT2D eigenvalue weighted by atomic mass is 32.1. The van der Waals surface area contributed by atoms with Crippen molar-refractivity contribution in [2.24, 2.45) is 0 Å². The largest absolute Gasteiger partial charge is 0.497 e. The van der Waals surface area contributed by atoms with Gasteiger partial charge in [0.05, 0.1) is 7.11 Å². The Morgan fingerprint density at radius 1 is 1.30 bits per heavy atom. The van der Waals surface area contributed by atoms with Crippen LogP contribution in [0.25, 0.3) is 16.4 Å². The topological polar surface area (TPSA) is 76.6 Å². The molecule has 0 radical (unpaired) electrons. The van der Waals surface area contributed by atoms with Gasteiger partial charge in [0.15, 0.2) is 5.69 Å². The van der Waals surface area contributed by atoms with Gasteiger partial charge in [0, 0.05) is 17.1 Å². The van der Waals surface area contributed by atoms with Crippen molar-refractivity contribution in [2.45, 2.75) is 0 Å². The molecule has 3 aromatic rings. The third-order valence-corrected chi connectivity index (χ3v) is 3.49. The van der Waals surface area contributed by atoms with E-state index in [0.29, 0.717) is 10.8 Å². The number of aromatic nitrogens is 4. The fourth-order valence-corrected chi connectivity index (χ4v) is 2.41. The molecule has 3 rings (SSSR count). The van der Waals surface area contributed by atoms with Gasteiger partial charge in [-0.05, 0) is 24.3 Å². The summed E-state index contributed by atoms with van der Waals surface area (Å²) in [6.07, 6.45) is 1.69. The Labute approximate surface area is 118 Å². The van der Waals surface area contributed by atoms with Crippen molar-refractivity contribution in [1.82, 2.24) is 20.0 Å². The van der Waals surface area contributed by atoms with Gasteiger partial charge in [-0.1, -0.05) is 5.21 Å². The Bertz CT molecular complexity index is 755. The third kappa shape index (κ3) is 2.02. The predicted octanol–water partition coefficient (Wildman–Crippen LogP) is 2.27. The maximum absolute atomic E-state index is 9.18. The summed E-state index contributed by atoms with van der Waals surface area (Å²) >= 11 is 1.43. The first-order valence-electron chi connectivity index (χ1n) is 5.73. The molecular formula is C13H9N5OS. The monoisotopic (exact) mass is 283 g/mol. The molecule has 20 heavy (non-hydrogen) atoms. The van der Waals surface area contributed by atoms with E-state index < -0.39 is 0 Å². The molecule has 0 unspecified atom stereocenters. The summed E-state index contributed by atoms with van der Waals surface area (Å²) in [5, 5.41) is 19.6. The van der Waals surface area contributed by atoms with Gasteiger partial charge >= 0.3 is 0 Å². The van der Waals surface area contributed by atoms with Crippen LogP contribution in [0.2, 0.25) is 0 Å². The highest BCUT2D eigenvalue weighted by molar-refractivity contribution is 7.12. The first-order valence-corrected chi connectivity index (χ1v) is 6.61. The fraction of sp³-hybridized carbons (Fsp3) is 0.0769. The average Bonchev–Trinajstić information content (AvgIpc) is 3.15. The van der Waals surface area contributed by atoms with Crippen molar-refractivity contribution in [1.29, 1.82) is 5.26 Å². The maximum atomic E-state index is 9.18. The second-order valence-electron chi connectivity index (χ2n) is 3.85. The van der Waals surface area contributed by atoms with Gasteiger partial charge in [0.1, 0.15) is 17.5 Å². The molecule has 1 aromatic carbocycles. The Balaban J connectivity index is 2.16. The lowest BCUT2D eigenvalue weighted by Crippen LogP contribution is -1.99. The van der Waals surface area contributed by atoms with E-state index >= 15 is 0 Å². The van der Waals surface area contributed by atoms with E-state index in [1.807, 2.05) is 29.6 Å². The van der Waals surface area contributed by atoms with Gasteiger partial charge in [-0.2, -0.15) is 9.94 Å². The highest BCUT2D eigenvalue weighted by Crippen LogP contribution is 2.27. The summed E-state index contributed by atoms with van der Waals surface area (Å²) < 4.78 is 6.71. The van der Waals surface area contributed by atoms with Crippen LogP contribution >= 0.6 is 11.3 Å². The molecule has 0 spiro atoms. The standard InChI is InChI=1S/C13H9N5OS/c1-19-10-4-2-9(3-5-10)12-11(8-14)16-17-18(12)13-15-6-7-20-13/h2-7H,1H3. The number of hydrogen-bond donors (Lipinski definition) is 0. The Morgan fingerprint density at radius 3 is 2.70 bits per heavy atom. The molecule has 0 saturated heterocycles. The van der Waals surface area contributed by atoms with Crippen molar-refractivity contribution >= 4 is 11.3 Å². The highest BCUT2D eigenvalue weighted by Gasteiger charge is 2.17. The first kappa shape index (κ1) is 12.3. The van der Waals surface area contributed by atoms with Crippen LogP contribution in [0.4, 0.5) is 0 Å². The zero-order valence-electron chi connectivity index (χ0n) is 10.5. The van der Waals surface area contributed by atoms with Gasteiger partial charge in [-0.3, -0.25) is 0 Å². The zero-order chi connectivity index (χ0) is 13.9. The Hall–Kier alpha value is -2.72. The third-order valence-electron chi connectivity index (χ3n) is 2.74. The lowest BCUT2D eigenvalue weighted by atomic mass is 10.1. The quantitative estimate of drug-likeness (QED) is 0.737. The number of methoxy groups -OCH3 is 1. The van der Waals surface area contributed by atoms with Crippen LogP contribution in [0.3, 0.4) is 0 Å². The van der Waals surface area contributed by atoms with E-state index in [-0.39, 0.29) is 5.69 Å². The van der Waals surface area contributed by atoms with E-state index in [1.54, 1.807) is 18.0 Å². The predicted molar refractivity (Wildman–Crippen MR) is 73.7 cm³/mol. The minimum Gasteiger partial charge on any atom is -0.497 e. The first-order chi connectivity index (χ1) is 9.83. The summed E-state index contributed by atoms with van der Waals surface area (Å²) in [5.74, 6) is 0.750. The van der Waals surface area contributed by atoms with Crippen LogP contribution < -0.4 is 4.74 Å². The number of rotatable bonds is 3. The van der Waals surface area contributed by atoms with Gasteiger partial charge in [0.2, 0.25) is 5.13 Å². The molecule has 0 atom stereocenters. The summed E-state index contributed by atoms with van der Waals surface area (Å²) in [6.45, 7) is 0. The number of nitrogens with zero attached hydrogens (tertiary/aromatic N) is 5. The van der Waals surface area contributed by atoms with Gasteiger partial charge < -0.3 is 4.74 Å². The molecule has 0 amide bonds. The maximum Gasteiger partial charge on any atom is 0.212 e. The SMILES string of the molecule is COc1ccc(-c2c(C#N)nnn2-c2nccs2)cc1. The smallest absolute Gasteiger partial charge is 0.212 e. The van der Waals surface area contributed by atoms with Gasteiger partial charge in [0.25, 0.3) is 0 Å². The van der Waals surface area contributed by atoms with E-state index in [9.17, 15) is 5.26 Å². The lowest BCUT2D eigenvalue weighted by molar-refractivity contribution is 0.415. The van der Waals surface area contributed by atoms with Crippen LogP contribution in [-0.2, 0) is 0 Å². The molecule has 2 heterocycles. The van der Waals surface area contributed by atoms with Crippen molar-refractivity contribution < 1.29 is 4.74 Å². The molecule has 0 bridgehead atoms. The molecular weight excluding hydrogens is 274 g/mol. The zero-order valence-corrected chi connectivity index (χ0v) is 11.3. The van der Waals surface area contributed by atoms with Gasteiger partial charge in [-0.15, -0.1) is 16.4 Å². The summed E-state index contributed by atoms with van der Waals surface area (Å²) in [6, 6.07) is 9.44. The number of hydrogen-bond acceptors (Lipinski definition) is 6. The van der Waals surface area contributed by atoms with Crippen LogP contribution in [0.5, 0.6) is 5.75 Å². The number of benzene rings is 1. The molecule has 0 aliphatic heterocycles. The van der Waals surface area contributed by atoms with E-state index in [4.69, 9.17) is 4.74 Å².